The van der Waals surface area contributed by atoms with Gasteiger partial charge in [-0.05, 0) is 6.07 Å². The summed E-state index contributed by atoms with van der Waals surface area (Å²) in [6.45, 7) is -0.283. The second kappa shape index (κ2) is 5.27. The van der Waals surface area contributed by atoms with Crippen molar-refractivity contribution in [2.24, 2.45) is 5.14 Å². The van der Waals surface area contributed by atoms with Crippen LogP contribution in [-0.2, 0) is 10.0 Å². The van der Waals surface area contributed by atoms with Crippen molar-refractivity contribution in [2.75, 3.05) is 18.0 Å². The van der Waals surface area contributed by atoms with Crippen molar-refractivity contribution < 1.29 is 22.0 Å². The van der Waals surface area contributed by atoms with Gasteiger partial charge in [0.2, 0.25) is 10.0 Å². The molecule has 0 aromatic heterocycles. The highest BCUT2D eigenvalue weighted by Gasteiger charge is 2.15. The number of anilines is 1. The summed E-state index contributed by atoms with van der Waals surface area (Å²) in [6, 6.07) is 1.31. The van der Waals surface area contributed by atoms with E-state index in [2.05, 4.69) is 5.32 Å². The molecule has 0 aliphatic carbocycles. The first kappa shape index (κ1) is 14.3. The van der Waals surface area contributed by atoms with Gasteiger partial charge in [0.15, 0.2) is 0 Å². The van der Waals surface area contributed by atoms with Crippen molar-refractivity contribution in [3.63, 3.8) is 0 Å². The third-order valence-electron chi connectivity index (χ3n) is 2.00. The number of sulfonamides is 1. The Labute approximate surface area is 102 Å². The van der Waals surface area contributed by atoms with Crippen LogP contribution in [0.3, 0.4) is 0 Å². The monoisotopic (exact) mass is 279 g/mol. The molecule has 0 fully saturated rings. The summed E-state index contributed by atoms with van der Waals surface area (Å²) in [4.78, 5) is 11.5. The van der Waals surface area contributed by atoms with Crippen LogP contribution in [0.25, 0.3) is 0 Å². The number of halogens is 2. The number of hydrogen-bond donors (Lipinski definition) is 3. The van der Waals surface area contributed by atoms with Gasteiger partial charge in [0.05, 0.1) is 17.0 Å². The lowest BCUT2D eigenvalue weighted by molar-refractivity contribution is 0.0952. The fourth-order valence-electron chi connectivity index (χ4n) is 1.14. The quantitative estimate of drug-likeness (QED) is 0.648. The predicted molar refractivity (Wildman–Crippen MR) is 61.1 cm³/mol. The molecule has 0 heterocycles. The summed E-state index contributed by atoms with van der Waals surface area (Å²) in [5.74, 6) is -3.46. The van der Waals surface area contributed by atoms with Crippen molar-refractivity contribution in [2.45, 2.75) is 0 Å². The topological polar surface area (TPSA) is 115 Å². The number of carbonyl (C=O) groups is 1. The number of carbonyl (C=O) groups excluding carboxylic acids is 1. The molecule has 9 heteroatoms. The van der Waals surface area contributed by atoms with Gasteiger partial charge in [-0.25, -0.2) is 22.3 Å². The number of nitrogens with one attached hydrogen (secondary N) is 1. The van der Waals surface area contributed by atoms with E-state index < -0.39 is 38.9 Å². The Hall–Kier alpha value is -1.74. The lowest BCUT2D eigenvalue weighted by atomic mass is 10.1. The van der Waals surface area contributed by atoms with Gasteiger partial charge in [0.25, 0.3) is 5.91 Å². The Balaban J connectivity index is 2.76. The molecule has 0 aliphatic heterocycles. The normalized spacial score (nSPS) is 11.3. The van der Waals surface area contributed by atoms with E-state index in [9.17, 15) is 22.0 Å². The van der Waals surface area contributed by atoms with Crippen LogP contribution in [0.2, 0.25) is 0 Å². The fourth-order valence-corrected chi connectivity index (χ4v) is 1.53. The molecule has 5 N–H and O–H groups in total. The molecule has 0 atom stereocenters. The molecule has 0 radical (unpaired) electrons. The highest BCUT2D eigenvalue weighted by molar-refractivity contribution is 7.89. The highest BCUT2D eigenvalue weighted by atomic mass is 32.2. The molecule has 1 amide bonds. The molecule has 100 valence electrons. The SMILES string of the molecule is Nc1cc(C(=O)NCCS(N)(=O)=O)c(F)cc1F. The molecule has 0 saturated carbocycles. The van der Waals surface area contributed by atoms with Crippen LogP contribution in [0.15, 0.2) is 12.1 Å². The van der Waals surface area contributed by atoms with Gasteiger partial charge in [-0.15, -0.1) is 0 Å². The van der Waals surface area contributed by atoms with Crippen LogP contribution in [0.1, 0.15) is 10.4 Å². The fraction of sp³-hybridized carbons (Fsp3) is 0.222. The van der Waals surface area contributed by atoms with Crippen LogP contribution in [0.4, 0.5) is 14.5 Å². The van der Waals surface area contributed by atoms with Gasteiger partial charge in [0.1, 0.15) is 11.6 Å². The number of primary sulfonamides is 1. The maximum Gasteiger partial charge on any atom is 0.254 e. The van der Waals surface area contributed by atoms with Gasteiger partial charge >= 0.3 is 0 Å². The Kier molecular flexibility index (Phi) is 4.19. The molecular weight excluding hydrogens is 268 g/mol. The molecule has 6 nitrogen and oxygen atoms in total. The number of benzene rings is 1. The van der Waals surface area contributed by atoms with Crippen LogP contribution in [0.5, 0.6) is 0 Å². The Morgan fingerprint density at radius 1 is 1.28 bits per heavy atom. The molecule has 0 saturated heterocycles. The molecule has 0 bridgehead atoms. The van der Waals surface area contributed by atoms with Crippen molar-refractivity contribution in [3.8, 4) is 0 Å². The van der Waals surface area contributed by atoms with E-state index in [1.165, 1.54) is 0 Å². The number of rotatable bonds is 4. The minimum atomic E-state index is -3.72. The molecule has 1 aromatic rings. The van der Waals surface area contributed by atoms with Crippen molar-refractivity contribution in [3.05, 3.63) is 29.3 Å². The minimum absolute atomic E-state index is 0.283. The maximum absolute atomic E-state index is 13.2. The Bertz CT molecular complexity index is 575. The zero-order valence-corrected chi connectivity index (χ0v) is 9.93. The molecule has 0 aliphatic rings. The average Bonchev–Trinajstić information content (AvgIpc) is 2.21. The van der Waals surface area contributed by atoms with Crippen LogP contribution >= 0.6 is 0 Å². The van der Waals surface area contributed by atoms with E-state index in [0.29, 0.717) is 6.07 Å². The molecule has 1 aromatic carbocycles. The first-order valence-corrected chi connectivity index (χ1v) is 6.45. The Morgan fingerprint density at radius 3 is 2.44 bits per heavy atom. The zero-order chi connectivity index (χ0) is 13.9. The summed E-state index contributed by atoms with van der Waals surface area (Å²) >= 11 is 0. The molecule has 18 heavy (non-hydrogen) atoms. The largest absolute Gasteiger partial charge is 0.396 e. The second-order valence-electron chi connectivity index (χ2n) is 3.48. The minimum Gasteiger partial charge on any atom is -0.396 e. The molecule has 0 spiro atoms. The van der Waals surface area contributed by atoms with Gasteiger partial charge in [-0.1, -0.05) is 0 Å². The smallest absolute Gasteiger partial charge is 0.254 e. The summed E-state index contributed by atoms with van der Waals surface area (Å²) in [7, 11) is -3.72. The molecule has 1 rings (SSSR count). The summed E-state index contributed by atoms with van der Waals surface area (Å²) in [6.07, 6.45) is 0. The second-order valence-corrected chi connectivity index (χ2v) is 5.21. The first-order valence-electron chi connectivity index (χ1n) is 4.74. The zero-order valence-electron chi connectivity index (χ0n) is 9.11. The van der Waals surface area contributed by atoms with E-state index in [1.54, 1.807) is 0 Å². The molecule has 0 unspecified atom stereocenters. The Morgan fingerprint density at radius 2 is 1.89 bits per heavy atom. The lowest BCUT2D eigenvalue weighted by Crippen LogP contribution is -2.32. The first-order chi connectivity index (χ1) is 8.20. The number of hydrogen-bond acceptors (Lipinski definition) is 4. The van der Waals surface area contributed by atoms with E-state index in [1.807, 2.05) is 0 Å². The lowest BCUT2D eigenvalue weighted by Gasteiger charge is -2.06. The third kappa shape index (κ3) is 3.93. The van der Waals surface area contributed by atoms with E-state index in [4.69, 9.17) is 10.9 Å². The van der Waals surface area contributed by atoms with Crippen molar-refractivity contribution >= 4 is 21.6 Å². The standard InChI is InChI=1S/C9H11F2N3O3S/c10-6-4-7(11)8(12)3-5(6)9(15)14-1-2-18(13,16)17/h3-4H,1-2,12H2,(H,14,15)(H2,13,16,17). The third-order valence-corrected chi connectivity index (χ3v) is 2.78. The highest BCUT2D eigenvalue weighted by Crippen LogP contribution is 2.16. The summed E-state index contributed by atoms with van der Waals surface area (Å²) in [5, 5.41) is 6.84. The number of nitrogen functional groups attached to an aromatic ring is 1. The number of amides is 1. The average molecular weight is 279 g/mol. The van der Waals surface area contributed by atoms with Crippen LogP contribution in [-0.4, -0.2) is 26.6 Å². The summed E-state index contributed by atoms with van der Waals surface area (Å²) < 4.78 is 47.3. The van der Waals surface area contributed by atoms with Gasteiger partial charge in [-0.3, -0.25) is 4.79 Å². The van der Waals surface area contributed by atoms with Gasteiger partial charge in [0, 0.05) is 12.6 Å². The van der Waals surface area contributed by atoms with Crippen LogP contribution in [0, 0.1) is 11.6 Å². The van der Waals surface area contributed by atoms with Crippen LogP contribution < -0.4 is 16.2 Å². The van der Waals surface area contributed by atoms with E-state index >= 15 is 0 Å². The van der Waals surface area contributed by atoms with E-state index in [0.717, 1.165) is 6.07 Å². The van der Waals surface area contributed by atoms with Gasteiger partial charge in [-0.2, -0.15) is 0 Å². The molecular formula is C9H11F2N3O3S. The van der Waals surface area contributed by atoms with Crippen molar-refractivity contribution in [1.29, 1.82) is 0 Å². The number of nitrogens with two attached hydrogens (primary N) is 2. The van der Waals surface area contributed by atoms with E-state index in [-0.39, 0.29) is 12.2 Å². The van der Waals surface area contributed by atoms with Crippen molar-refractivity contribution in [1.82, 2.24) is 5.32 Å². The summed E-state index contributed by atoms with van der Waals surface area (Å²) in [5.41, 5.74) is 4.34. The van der Waals surface area contributed by atoms with Gasteiger partial charge < -0.3 is 11.1 Å². The predicted octanol–water partition coefficient (Wildman–Crippen LogP) is -0.435. The maximum atomic E-state index is 13.2.